The third-order valence-electron chi connectivity index (χ3n) is 4.01. The minimum Gasteiger partial charge on any atom is -0.467 e. The summed E-state index contributed by atoms with van der Waals surface area (Å²) < 4.78 is 5.70. The first-order valence-electron chi connectivity index (χ1n) is 7.78. The van der Waals surface area contributed by atoms with Crippen LogP contribution in [0, 0.1) is 3.57 Å². The Balaban J connectivity index is 1.84. The molecular formula is C19H17IN2O3. The van der Waals surface area contributed by atoms with E-state index in [0.29, 0.717) is 12.0 Å². The molecule has 0 radical (unpaired) electrons. The van der Waals surface area contributed by atoms with Gasteiger partial charge in [0.05, 0.1) is 12.7 Å². The van der Waals surface area contributed by atoms with Crippen LogP contribution in [0.1, 0.15) is 15.9 Å². The lowest BCUT2D eigenvalue weighted by Crippen LogP contribution is -2.43. The number of para-hydroxylation sites is 1. The van der Waals surface area contributed by atoms with Crippen molar-refractivity contribution in [2.24, 2.45) is 0 Å². The number of hydrogen-bond acceptors (Lipinski definition) is 3. The topological polar surface area (TPSA) is 71.2 Å². The predicted molar refractivity (Wildman–Crippen MR) is 104 cm³/mol. The van der Waals surface area contributed by atoms with Gasteiger partial charge in [0.2, 0.25) is 0 Å². The van der Waals surface area contributed by atoms with E-state index >= 15 is 0 Å². The fraction of sp³-hybridized carbons (Fsp3) is 0.158. The summed E-state index contributed by atoms with van der Waals surface area (Å²) in [5, 5.41) is 3.82. The van der Waals surface area contributed by atoms with Crippen molar-refractivity contribution < 1.29 is 14.3 Å². The average Bonchev–Trinajstić information content (AvgIpc) is 3.04. The van der Waals surface area contributed by atoms with Crippen LogP contribution < -0.4 is 5.32 Å². The van der Waals surface area contributed by atoms with Gasteiger partial charge in [0.1, 0.15) is 6.04 Å². The number of aromatic amines is 1. The van der Waals surface area contributed by atoms with Crippen molar-refractivity contribution in [2.75, 3.05) is 7.11 Å². The highest BCUT2D eigenvalue weighted by molar-refractivity contribution is 14.1. The summed E-state index contributed by atoms with van der Waals surface area (Å²) in [5.41, 5.74) is 2.48. The zero-order valence-electron chi connectivity index (χ0n) is 13.6. The molecular weight excluding hydrogens is 431 g/mol. The van der Waals surface area contributed by atoms with Gasteiger partial charge in [0.15, 0.2) is 0 Å². The lowest BCUT2D eigenvalue weighted by atomic mass is 10.0. The van der Waals surface area contributed by atoms with Gasteiger partial charge in [0, 0.05) is 27.1 Å². The second-order valence-electron chi connectivity index (χ2n) is 5.59. The molecule has 1 aromatic heterocycles. The van der Waals surface area contributed by atoms with Crippen LogP contribution in [-0.2, 0) is 16.0 Å². The molecule has 0 saturated carbocycles. The van der Waals surface area contributed by atoms with E-state index in [4.69, 9.17) is 4.74 Å². The molecule has 0 aliphatic heterocycles. The second kappa shape index (κ2) is 7.69. The Morgan fingerprint density at radius 1 is 1.16 bits per heavy atom. The van der Waals surface area contributed by atoms with E-state index in [9.17, 15) is 9.59 Å². The molecule has 0 unspecified atom stereocenters. The fourth-order valence-corrected chi connectivity index (χ4v) is 3.37. The Kier molecular flexibility index (Phi) is 5.37. The summed E-state index contributed by atoms with van der Waals surface area (Å²) in [4.78, 5) is 27.9. The number of nitrogens with one attached hydrogen (secondary N) is 2. The highest BCUT2D eigenvalue weighted by Crippen LogP contribution is 2.20. The minimum absolute atomic E-state index is 0.291. The number of halogens is 1. The van der Waals surface area contributed by atoms with E-state index in [1.807, 2.05) is 42.6 Å². The molecule has 0 saturated heterocycles. The highest BCUT2D eigenvalue weighted by Gasteiger charge is 2.24. The number of aromatic nitrogens is 1. The third-order valence-corrected chi connectivity index (χ3v) is 4.95. The molecule has 25 heavy (non-hydrogen) atoms. The number of fused-ring (bicyclic) bond motifs is 1. The van der Waals surface area contributed by atoms with Crippen molar-refractivity contribution in [3.8, 4) is 0 Å². The number of esters is 1. The summed E-state index contributed by atoms with van der Waals surface area (Å²) in [6.45, 7) is 0. The third kappa shape index (κ3) is 3.84. The Hall–Kier alpha value is -2.35. The van der Waals surface area contributed by atoms with E-state index in [1.54, 1.807) is 12.1 Å². The van der Waals surface area contributed by atoms with Crippen molar-refractivity contribution in [1.82, 2.24) is 10.3 Å². The Labute approximate surface area is 158 Å². The van der Waals surface area contributed by atoms with Crippen molar-refractivity contribution in [1.29, 1.82) is 0 Å². The molecule has 0 spiro atoms. The summed E-state index contributed by atoms with van der Waals surface area (Å²) >= 11 is 2.10. The van der Waals surface area contributed by atoms with E-state index in [2.05, 4.69) is 32.9 Å². The number of methoxy groups -OCH3 is 1. The number of amides is 1. The molecule has 0 aliphatic carbocycles. The summed E-state index contributed by atoms with van der Waals surface area (Å²) in [7, 11) is 1.32. The van der Waals surface area contributed by atoms with Gasteiger partial charge >= 0.3 is 5.97 Å². The molecule has 2 aromatic carbocycles. The lowest BCUT2D eigenvalue weighted by Gasteiger charge is -2.17. The van der Waals surface area contributed by atoms with E-state index in [0.717, 1.165) is 20.0 Å². The Morgan fingerprint density at radius 3 is 2.64 bits per heavy atom. The first-order chi connectivity index (χ1) is 12.1. The number of carbonyl (C=O) groups excluding carboxylic acids is 2. The number of ether oxygens (including phenoxy) is 1. The highest BCUT2D eigenvalue weighted by atomic mass is 127. The number of hydrogen-bond donors (Lipinski definition) is 2. The van der Waals surface area contributed by atoms with Crippen molar-refractivity contribution in [3.63, 3.8) is 0 Å². The average molecular weight is 448 g/mol. The Morgan fingerprint density at radius 2 is 1.88 bits per heavy atom. The van der Waals surface area contributed by atoms with E-state index in [1.165, 1.54) is 7.11 Å². The first-order valence-corrected chi connectivity index (χ1v) is 8.86. The molecule has 1 atom stereocenters. The summed E-state index contributed by atoms with van der Waals surface area (Å²) in [5.74, 6) is -0.759. The van der Waals surface area contributed by atoms with Crippen LogP contribution in [0.3, 0.4) is 0 Å². The zero-order chi connectivity index (χ0) is 17.8. The molecule has 6 heteroatoms. The molecule has 1 heterocycles. The van der Waals surface area contributed by atoms with Crippen LogP contribution in [0.2, 0.25) is 0 Å². The van der Waals surface area contributed by atoms with Crippen LogP contribution in [-0.4, -0.2) is 30.0 Å². The quantitative estimate of drug-likeness (QED) is 0.465. The Bertz CT molecular complexity index is 920. The number of carbonyl (C=O) groups is 2. The van der Waals surface area contributed by atoms with Gasteiger partial charge in [-0.1, -0.05) is 30.3 Å². The van der Waals surface area contributed by atoms with Crippen molar-refractivity contribution >= 4 is 45.4 Å². The second-order valence-corrected chi connectivity index (χ2v) is 6.75. The summed E-state index contributed by atoms with van der Waals surface area (Å²) in [6, 6.07) is 14.3. The molecule has 2 N–H and O–H groups in total. The molecule has 128 valence electrons. The maximum atomic E-state index is 12.6. The normalized spacial score (nSPS) is 11.9. The zero-order valence-corrected chi connectivity index (χ0v) is 15.7. The minimum atomic E-state index is -0.757. The van der Waals surface area contributed by atoms with Gasteiger partial charge in [-0.05, 0) is 46.4 Å². The molecule has 0 bridgehead atoms. The van der Waals surface area contributed by atoms with Crippen LogP contribution >= 0.6 is 22.6 Å². The van der Waals surface area contributed by atoms with Gasteiger partial charge in [-0.25, -0.2) is 4.79 Å². The predicted octanol–water partition coefficient (Wildman–Crippen LogP) is 3.29. The SMILES string of the molecule is COC(=O)[C@H](Cc1c[nH]c2ccccc12)NC(=O)c1ccccc1I. The number of H-pyrrole nitrogens is 1. The molecule has 0 fully saturated rings. The van der Waals surface area contributed by atoms with Gasteiger partial charge in [-0.2, -0.15) is 0 Å². The molecule has 1 amide bonds. The van der Waals surface area contributed by atoms with Crippen LogP contribution in [0.5, 0.6) is 0 Å². The maximum absolute atomic E-state index is 12.6. The first kappa shape index (κ1) is 17.5. The van der Waals surface area contributed by atoms with Gasteiger partial charge in [-0.3, -0.25) is 4.79 Å². The van der Waals surface area contributed by atoms with Crippen LogP contribution in [0.15, 0.2) is 54.7 Å². The van der Waals surface area contributed by atoms with Crippen molar-refractivity contribution in [2.45, 2.75) is 12.5 Å². The molecule has 5 nitrogen and oxygen atoms in total. The van der Waals surface area contributed by atoms with Crippen LogP contribution in [0.25, 0.3) is 10.9 Å². The summed E-state index contributed by atoms with van der Waals surface area (Å²) in [6.07, 6.45) is 2.21. The number of benzene rings is 2. The van der Waals surface area contributed by atoms with E-state index in [-0.39, 0.29) is 5.91 Å². The number of rotatable bonds is 5. The standard InChI is InChI=1S/C19H17IN2O3/c1-25-19(24)17(22-18(23)14-7-2-4-8-15(14)20)10-12-11-21-16-9-5-3-6-13(12)16/h2-9,11,17,21H,10H2,1H3,(H,22,23)/t17-/m0/s1. The largest absolute Gasteiger partial charge is 0.467 e. The van der Waals surface area contributed by atoms with Crippen molar-refractivity contribution in [3.05, 3.63) is 69.4 Å². The molecule has 3 aromatic rings. The van der Waals surface area contributed by atoms with Gasteiger partial charge in [-0.15, -0.1) is 0 Å². The van der Waals surface area contributed by atoms with Crippen LogP contribution in [0.4, 0.5) is 0 Å². The monoisotopic (exact) mass is 448 g/mol. The molecule has 0 aliphatic rings. The van der Waals surface area contributed by atoms with Gasteiger partial charge < -0.3 is 15.0 Å². The maximum Gasteiger partial charge on any atom is 0.328 e. The van der Waals surface area contributed by atoms with E-state index < -0.39 is 12.0 Å². The lowest BCUT2D eigenvalue weighted by molar-refractivity contribution is -0.142. The molecule has 3 rings (SSSR count). The fourth-order valence-electron chi connectivity index (χ4n) is 2.74. The van der Waals surface area contributed by atoms with Gasteiger partial charge in [0.25, 0.3) is 5.91 Å². The smallest absolute Gasteiger partial charge is 0.328 e.